The van der Waals surface area contributed by atoms with E-state index in [0.717, 1.165) is 17.5 Å². The van der Waals surface area contributed by atoms with E-state index in [1.54, 1.807) is 48.5 Å². The zero-order valence-corrected chi connectivity index (χ0v) is 19.2. The topological polar surface area (TPSA) is 75.6 Å². The summed E-state index contributed by atoms with van der Waals surface area (Å²) >= 11 is 5.96. The summed E-state index contributed by atoms with van der Waals surface area (Å²) in [5.74, 6) is -0.0841. The van der Waals surface area contributed by atoms with E-state index >= 15 is 0 Å². The van der Waals surface area contributed by atoms with Crippen LogP contribution in [0.25, 0.3) is 0 Å². The Balaban J connectivity index is 0.00000363. The Morgan fingerprint density at radius 1 is 1.00 bits per heavy atom. The summed E-state index contributed by atoms with van der Waals surface area (Å²) in [7, 11) is 0. The largest absolute Gasteiger partial charge is 0.427 e. The normalized spacial score (nSPS) is 11.3. The molecule has 1 atom stereocenters. The van der Waals surface area contributed by atoms with E-state index in [-0.39, 0.29) is 18.2 Å². The number of hydrogen-bond acceptors (Lipinski definition) is 5. The van der Waals surface area contributed by atoms with Crippen molar-refractivity contribution < 1.29 is 19.4 Å². The molecule has 0 fully saturated rings. The minimum absolute atomic E-state index is 0. The lowest BCUT2D eigenvalue weighted by molar-refractivity contribution is -0.131. The van der Waals surface area contributed by atoms with E-state index in [1.165, 1.54) is 6.92 Å². The molecule has 0 aliphatic carbocycles. The van der Waals surface area contributed by atoms with Crippen LogP contribution in [0.5, 0.6) is 5.75 Å². The monoisotopic (exact) mass is 473 g/mol. The van der Waals surface area contributed by atoms with Crippen LogP contribution in [0.2, 0.25) is 5.02 Å². The van der Waals surface area contributed by atoms with E-state index < -0.39 is 12.1 Å². The fourth-order valence-electron chi connectivity index (χ4n) is 3.13. The van der Waals surface area contributed by atoms with Crippen LogP contribution in [0.1, 0.15) is 40.1 Å². The van der Waals surface area contributed by atoms with Crippen LogP contribution in [-0.4, -0.2) is 29.9 Å². The molecule has 0 amide bonds. The van der Waals surface area contributed by atoms with Crippen molar-refractivity contribution in [3.63, 3.8) is 0 Å². The van der Waals surface area contributed by atoms with Crippen molar-refractivity contribution in [2.24, 2.45) is 0 Å². The summed E-state index contributed by atoms with van der Waals surface area (Å²) < 4.78 is 4.98. The number of nitrogens with one attached hydrogen (secondary N) is 1. The van der Waals surface area contributed by atoms with Crippen molar-refractivity contribution >= 4 is 35.8 Å². The van der Waals surface area contributed by atoms with Crippen LogP contribution in [0.4, 0.5) is 0 Å². The van der Waals surface area contributed by atoms with Gasteiger partial charge in [-0.3, -0.25) is 9.59 Å². The Morgan fingerprint density at radius 2 is 1.62 bits per heavy atom. The summed E-state index contributed by atoms with van der Waals surface area (Å²) in [4.78, 5) is 23.6. The van der Waals surface area contributed by atoms with Crippen LogP contribution >= 0.6 is 24.0 Å². The number of ketones is 1. The molecule has 0 heterocycles. The quantitative estimate of drug-likeness (QED) is 0.202. The van der Waals surface area contributed by atoms with Gasteiger partial charge in [-0.2, -0.15) is 0 Å². The maximum atomic E-state index is 12.6. The number of aliphatic hydroxyl groups is 1. The molecule has 3 aromatic rings. The summed E-state index contributed by atoms with van der Waals surface area (Å²) in [6, 6.07) is 21.1. The predicted octanol–water partition coefficient (Wildman–Crippen LogP) is 4.78. The number of aliphatic hydroxyl groups excluding tert-OH is 1. The summed E-state index contributed by atoms with van der Waals surface area (Å²) in [6.07, 6.45) is 0.152. The van der Waals surface area contributed by atoms with Crippen molar-refractivity contribution in [2.45, 2.75) is 19.4 Å². The number of carbonyl (C=O) groups excluding carboxylic acids is 2. The number of esters is 1. The molecule has 2 N–H and O–H groups in total. The zero-order chi connectivity index (χ0) is 22.2. The molecular weight excluding hydrogens is 449 g/mol. The van der Waals surface area contributed by atoms with E-state index in [4.69, 9.17) is 16.3 Å². The molecule has 3 aromatic carbocycles. The van der Waals surface area contributed by atoms with Gasteiger partial charge in [0, 0.05) is 29.6 Å². The van der Waals surface area contributed by atoms with Gasteiger partial charge in [0.05, 0.1) is 6.10 Å². The van der Waals surface area contributed by atoms with E-state index in [9.17, 15) is 14.7 Å². The summed E-state index contributed by atoms with van der Waals surface area (Å²) in [5, 5.41) is 14.1. The van der Waals surface area contributed by atoms with Crippen LogP contribution in [0, 0.1) is 0 Å². The molecule has 5 nitrogen and oxygen atoms in total. The minimum atomic E-state index is -0.620. The molecule has 7 heteroatoms. The number of ether oxygens (including phenoxy) is 1. The standard InChI is InChI=1S/C25H24ClNO4.ClH/c1-17(28)31-23-11-9-20(10-12-23)25(30)19-7-5-18(6-8-19)13-14-27-16-24(29)21-3-2-4-22(26)15-21;/h2-12,15,24,27,29H,13-14,16H2,1H3;1H/t24-;/m1./s1. The SMILES string of the molecule is CC(=O)Oc1ccc(C(=O)c2ccc(CCNC[C@@H](O)c3cccc(Cl)c3)cc2)cc1.Cl. The van der Waals surface area contributed by atoms with Crippen molar-refractivity contribution in [1.82, 2.24) is 5.32 Å². The highest BCUT2D eigenvalue weighted by Crippen LogP contribution is 2.18. The van der Waals surface area contributed by atoms with Gasteiger partial charge in [0.2, 0.25) is 0 Å². The van der Waals surface area contributed by atoms with Crippen LogP contribution in [-0.2, 0) is 11.2 Å². The molecular formula is C25H25Cl2NO4. The second-order valence-electron chi connectivity index (χ2n) is 7.17. The molecule has 168 valence electrons. The summed E-state index contributed by atoms with van der Waals surface area (Å²) in [6.45, 7) is 2.46. The first-order chi connectivity index (χ1) is 14.9. The highest BCUT2D eigenvalue weighted by Gasteiger charge is 2.10. The van der Waals surface area contributed by atoms with E-state index in [2.05, 4.69) is 5.32 Å². The molecule has 32 heavy (non-hydrogen) atoms. The fourth-order valence-corrected chi connectivity index (χ4v) is 3.33. The highest BCUT2D eigenvalue weighted by atomic mass is 35.5. The fraction of sp³-hybridized carbons (Fsp3) is 0.200. The third-order valence-corrected chi connectivity index (χ3v) is 4.99. The number of rotatable bonds is 9. The maximum Gasteiger partial charge on any atom is 0.308 e. The number of halogens is 2. The van der Waals surface area contributed by atoms with Crippen molar-refractivity contribution in [3.8, 4) is 5.75 Å². The van der Waals surface area contributed by atoms with Gasteiger partial charge in [-0.25, -0.2) is 0 Å². The predicted molar refractivity (Wildman–Crippen MR) is 128 cm³/mol. The molecule has 0 radical (unpaired) electrons. The third-order valence-electron chi connectivity index (χ3n) is 4.76. The van der Waals surface area contributed by atoms with Gasteiger partial charge in [0.15, 0.2) is 5.78 Å². The lowest BCUT2D eigenvalue weighted by Gasteiger charge is -2.12. The maximum absolute atomic E-state index is 12.6. The van der Waals surface area contributed by atoms with Gasteiger partial charge in [0.25, 0.3) is 0 Å². The van der Waals surface area contributed by atoms with Gasteiger partial charge >= 0.3 is 5.97 Å². The van der Waals surface area contributed by atoms with E-state index in [1.807, 2.05) is 24.3 Å². The minimum Gasteiger partial charge on any atom is -0.427 e. The average Bonchev–Trinajstić information content (AvgIpc) is 2.76. The van der Waals surface area contributed by atoms with Crippen molar-refractivity contribution in [3.05, 3.63) is 100 Å². The van der Waals surface area contributed by atoms with Crippen LogP contribution in [0.15, 0.2) is 72.8 Å². The molecule has 0 aliphatic rings. The van der Waals surface area contributed by atoms with Gasteiger partial charge in [-0.15, -0.1) is 12.4 Å². The molecule has 3 rings (SSSR count). The molecule has 0 aliphatic heterocycles. The Morgan fingerprint density at radius 3 is 2.22 bits per heavy atom. The average molecular weight is 474 g/mol. The Bertz CT molecular complexity index is 1040. The first-order valence-corrected chi connectivity index (χ1v) is 10.4. The number of hydrogen-bond donors (Lipinski definition) is 2. The van der Waals surface area contributed by atoms with Crippen LogP contribution < -0.4 is 10.1 Å². The van der Waals surface area contributed by atoms with Crippen LogP contribution in [0.3, 0.4) is 0 Å². The number of carbonyl (C=O) groups is 2. The first kappa shape index (κ1) is 25.6. The van der Waals surface area contributed by atoms with Gasteiger partial charge in [-0.05, 0) is 60.5 Å². The molecule has 0 aromatic heterocycles. The second kappa shape index (κ2) is 12.4. The Kier molecular flexibility index (Phi) is 9.88. The molecule has 0 unspecified atom stereocenters. The summed E-state index contributed by atoms with van der Waals surface area (Å²) in [5.41, 5.74) is 2.99. The van der Waals surface area contributed by atoms with Gasteiger partial charge in [0.1, 0.15) is 5.75 Å². The molecule has 0 spiro atoms. The van der Waals surface area contributed by atoms with Crippen molar-refractivity contribution in [1.29, 1.82) is 0 Å². The molecule has 0 bridgehead atoms. The van der Waals surface area contributed by atoms with Gasteiger partial charge in [-0.1, -0.05) is 48.0 Å². The first-order valence-electron chi connectivity index (χ1n) is 9.99. The van der Waals surface area contributed by atoms with Gasteiger partial charge < -0.3 is 15.2 Å². The lowest BCUT2D eigenvalue weighted by Crippen LogP contribution is -2.23. The molecule has 0 saturated heterocycles. The van der Waals surface area contributed by atoms with E-state index in [0.29, 0.717) is 35.0 Å². The lowest BCUT2D eigenvalue weighted by atomic mass is 10.0. The smallest absolute Gasteiger partial charge is 0.308 e. The second-order valence-corrected chi connectivity index (χ2v) is 7.61. The zero-order valence-electron chi connectivity index (χ0n) is 17.6. The molecule has 0 saturated carbocycles. The van der Waals surface area contributed by atoms with Crippen molar-refractivity contribution in [2.75, 3.05) is 13.1 Å². The highest BCUT2D eigenvalue weighted by molar-refractivity contribution is 6.30. The Labute approximate surface area is 198 Å². The Hall–Kier alpha value is -2.70. The number of benzene rings is 3. The third kappa shape index (κ3) is 7.46.